The van der Waals surface area contributed by atoms with Crippen molar-refractivity contribution < 1.29 is 19.2 Å². The van der Waals surface area contributed by atoms with Gasteiger partial charge in [-0.3, -0.25) is 15.0 Å². The molecule has 3 rings (SSSR count). The second-order valence-electron chi connectivity index (χ2n) is 5.71. The third kappa shape index (κ3) is 4.04. The molecular formula is C17H16ClN3O5. The molecule has 1 amide bonds. The first kappa shape index (κ1) is 18.0. The number of nitro benzene ring substituents is 1. The highest BCUT2D eigenvalue weighted by atomic mass is 35.5. The van der Waals surface area contributed by atoms with Crippen molar-refractivity contribution in [3.8, 4) is 5.75 Å². The lowest BCUT2D eigenvalue weighted by Crippen LogP contribution is -2.27. The Morgan fingerprint density at radius 1 is 1.31 bits per heavy atom. The van der Waals surface area contributed by atoms with E-state index in [0.29, 0.717) is 23.5 Å². The van der Waals surface area contributed by atoms with E-state index in [9.17, 15) is 14.9 Å². The van der Waals surface area contributed by atoms with Gasteiger partial charge in [-0.1, -0.05) is 11.6 Å². The van der Waals surface area contributed by atoms with Crippen molar-refractivity contribution in [2.75, 3.05) is 18.0 Å². The number of carbonyl (C=O) groups is 1. The van der Waals surface area contributed by atoms with E-state index in [4.69, 9.17) is 26.8 Å². The number of halogens is 1. The lowest BCUT2D eigenvalue weighted by molar-refractivity contribution is -0.384. The summed E-state index contributed by atoms with van der Waals surface area (Å²) in [7, 11) is 0. The van der Waals surface area contributed by atoms with E-state index in [1.165, 1.54) is 17.0 Å². The minimum atomic E-state index is -0.506. The number of cyclic esters (lactones) is 1. The molecule has 1 atom stereocenters. The van der Waals surface area contributed by atoms with E-state index in [1.54, 1.807) is 30.3 Å². The van der Waals surface area contributed by atoms with Crippen LogP contribution in [0.15, 0.2) is 42.5 Å². The van der Waals surface area contributed by atoms with Crippen molar-refractivity contribution in [1.29, 1.82) is 0 Å². The fourth-order valence-electron chi connectivity index (χ4n) is 2.57. The quantitative estimate of drug-likeness (QED) is 0.612. The van der Waals surface area contributed by atoms with Crippen LogP contribution in [0.25, 0.3) is 0 Å². The number of non-ortho nitro benzene ring substituents is 1. The third-order valence-electron chi connectivity index (χ3n) is 3.84. The number of ether oxygens (including phenoxy) is 2. The summed E-state index contributed by atoms with van der Waals surface area (Å²) < 4.78 is 10.8. The minimum absolute atomic E-state index is 0.0894. The van der Waals surface area contributed by atoms with Gasteiger partial charge >= 0.3 is 6.09 Å². The van der Waals surface area contributed by atoms with E-state index in [0.717, 1.165) is 0 Å². The normalized spacial score (nSPS) is 16.5. The molecule has 1 aliphatic heterocycles. The van der Waals surface area contributed by atoms with E-state index in [1.807, 2.05) is 0 Å². The van der Waals surface area contributed by atoms with Gasteiger partial charge in [0, 0.05) is 29.4 Å². The number of hydrogen-bond acceptors (Lipinski definition) is 6. The van der Waals surface area contributed by atoms with E-state index >= 15 is 0 Å². The number of hydrogen-bond donors (Lipinski definition) is 1. The molecule has 1 aliphatic rings. The van der Waals surface area contributed by atoms with Crippen LogP contribution in [0.1, 0.15) is 5.56 Å². The summed E-state index contributed by atoms with van der Waals surface area (Å²) in [6, 6.07) is 11.2. The number of anilines is 1. The molecule has 1 saturated heterocycles. The molecule has 8 nitrogen and oxygen atoms in total. The van der Waals surface area contributed by atoms with Gasteiger partial charge in [0.1, 0.15) is 18.5 Å². The maximum Gasteiger partial charge on any atom is 0.414 e. The smallest absolute Gasteiger partial charge is 0.414 e. The summed E-state index contributed by atoms with van der Waals surface area (Å²) >= 11 is 5.89. The van der Waals surface area contributed by atoms with Gasteiger partial charge in [-0.15, -0.1) is 0 Å². The minimum Gasteiger partial charge on any atom is -0.489 e. The Kier molecular flexibility index (Phi) is 5.24. The SMILES string of the molecule is NCC1CN(c2ccc(OCc3cc(Cl)cc([N+](=O)[O-])c3)cc2)C(=O)O1. The van der Waals surface area contributed by atoms with Gasteiger partial charge in [-0.2, -0.15) is 0 Å². The number of nitrogens with two attached hydrogens (primary N) is 1. The van der Waals surface area contributed by atoms with Gasteiger partial charge in [0.2, 0.25) is 0 Å². The topological polar surface area (TPSA) is 108 Å². The van der Waals surface area contributed by atoms with E-state index in [2.05, 4.69) is 0 Å². The Balaban J connectivity index is 1.65. The van der Waals surface area contributed by atoms with Crippen LogP contribution in [-0.2, 0) is 11.3 Å². The highest BCUT2D eigenvalue weighted by molar-refractivity contribution is 6.30. The van der Waals surface area contributed by atoms with Crippen LogP contribution in [0.5, 0.6) is 5.75 Å². The number of amides is 1. The highest BCUT2D eigenvalue weighted by Gasteiger charge is 2.31. The number of benzene rings is 2. The number of nitrogens with zero attached hydrogens (tertiary/aromatic N) is 2. The number of nitro groups is 1. The molecule has 0 aliphatic carbocycles. The highest BCUT2D eigenvalue weighted by Crippen LogP contribution is 2.25. The molecule has 136 valence electrons. The maximum absolute atomic E-state index is 11.8. The summed E-state index contributed by atoms with van der Waals surface area (Å²) in [5.74, 6) is 0.555. The molecule has 0 bridgehead atoms. The van der Waals surface area contributed by atoms with Crippen molar-refractivity contribution in [1.82, 2.24) is 0 Å². The van der Waals surface area contributed by atoms with Gasteiger partial charge in [0.15, 0.2) is 0 Å². The molecule has 1 fully saturated rings. The van der Waals surface area contributed by atoms with Crippen molar-refractivity contribution in [2.45, 2.75) is 12.7 Å². The van der Waals surface area contributed by atoms with Crippen molar-refractivity contribution in [3.63, 3.8) is 0 Å². The Morgan fingerprint density at radius 3 is 2.65 bits per heavy atom. The van der Waals surface area contributed by atoms with Crippen LogP contribution in [0, 0.1) is 10.1 Å². The zero-order valence-corrected chi connectivity index (χ0v) is 14.4. The first-order chi connectivity index (χ1) is 12.5. The average molecular weight is 378 g/mol. The molecule has 0 spiro atoms. The van der Waals surface area contributed by atoms with Crippen LogP contribution >= 0.6 is 11.6 Å². The Bertz CT molecular complexity index is 828. The molecule has 1 unspecified atom stereocenters. The Morgan fingerprint density at radius 2 is 2.04 bits per heavy atom. The lowest BCUT2D eigenvalue weighted by atomic mass is 10.2. The number of rotatable bonds is 6. The first-order valence-corrected chi connectivity index (χ1v) is 8.19. The van der Waals surface area contributed by atoms with Gasteiger partial charge in [-0.05, 0) is 35.9 Å². The molecule has 2 aromatic rings. The molecule has 2 N–H and O–H groups in total. The second kappa shape index (κ2) is 7.59. The summed E-state index contributed by atoms with van der Waals surface area (Å²) in [4.78, 5) is 23.7. The largest absolute Gasteiger partial charge is 0.489 e. The van der Waals surface area contributed by atoms with Gasteiger partial charge in [0.25, 0.3) is 5.69 Å². The van der Waals surface area contributed by atoms with Gasteiger partial charge in [0.05, 0.1) is 11.5 Å². The molecule has 2 aromatic carbocycles. The van der Waals surface area contributed by atoms with E-state index in [-0.39, 0.29) is 30.0 Å². The van der Waals surface area contributed by atoms with E-state index < -0.39 is 11.0 Å². The van der Waals surface area contributed by atoms with Crippen molar-refractivity contribution >= 4 is 29.1 Å². The predicted octanol–water partition coefficient (Wildman–Crippen LogP) is 3.11. The third-order valence-corrected chi connectivity index (χ3v) is 4.06. The monoisotopic (exact) mass is 377 g/mol. The molecular weight excluding hydrogens is 362 g/mol. The maximum atomic E-state index is 11.8. The summed E-state index contributed by atoms with van der Waals surface area (Å²) in [5, 5.41) is 11.1. The fraction of sp³-hybridized carbons (Fsp3) is 0.235. The van der Waals surface area contributed by atoms with Crippen LogP contribution in [0.3, 0.4) is 0 Å². The standard InChI is InChI=1S/C17H16ClN3O5/c18-12-5-11(6-14(7-12)21(23)24)10-25-15-3-1-13(2-4-15)20-9-16(8-19)26-17(20)22/h1-7,16H,8-10,19H2. The second-order valence-corrected chi connectivity index (χ2v) is 6.15. The molecule has 0 aromatic heterocycles. The van der Waals surface area contributed by atoms with Gasteiger partial charge < -0.3 is 15.2 Å². The molecule has 0 saturated carbocycles. The van der Waals surface area contributed by atoms with Crippen LogP contribution < -0.4 is 15.4 Å². The van der Waals surface area contributed by atoms with Crippen LogP contribution in [0.2, 0.25) is 5.02 Å². The summed E-state index contributed by atoms with van der Waals surface area (Å²) in [6.07, 6.45) is -0.739. The first-order valence-electron chi connectivity index (χ1n) is 7.81. The van der Waals surface area contributed by atoms with Crippen molar-refractivity contribution in [3.05, 3.63) is 63.2 Å². The molecule has 1 heterocycles. The molecule has 26 heavy (non-hydrogen) atoms. The number of carbonyl (C=O) groups excluding carboxylic acids is 1. The zero-order valence-electron chi connectivity index (χ0n) is 13.6. The summed E-state index contributed by atoms with van der Waals surface area (Å²) in [5.41, 5.74) is 6.69. The van der Waals surface area contributed by atoms with Gasteiger partial charge in [-0.25, -0.2) is 4.79 Å². The lowest BCUT2D eigenvalue weighted by Gasteiger charge is -2.14. The van der Waals surface area contributed by atoms with Crippen LogP contribution in [-0.4, -0.2) is 30.2 Å². The predicted molar refractivity (Wildman–Crippen MR) is 95.5 cm³/mol. The average Bonchev–Trinajstić information content (AvgIpc) is 3.01. The fourth-order valence-corrected chi connectivity index (χ4v) is 2.82. The Hall–Kier alpha value is -2.84. The van der Waals surface area contributed by atoms with Crippen molar-refractivity contribution in [2.24, 2.45) is 5.73 Å². The molecule has 9 heteroatoms. The molecule has 0 radical (unpaired) electrons. The van der Waals surface area contributed by atoms with Crippen LogP contribution in [0.4, 0.5) is 16.2 Å². The zero-order chi connectivity index (χ0) is 18.7. The summed E-state index contributed by atoms with van der Waals surface area (Å²) in [6.45, 7) is 0.804. The Labute approximate surface area is 154 Å².